The summed E-state index contributed by atoms with van der Waals surface area (Å²) in [6.45, 7) is 6.06. The topological polar surface area (TPSA) is 64.1 Å². The standard InChI is InChI=1S/C21H28BrN3O2/c1-16-8-7-9-19(24-16)20-13-18(12-17(2)25-20)15-27-11-6-4-3-5-10-23-21(26)14-22/h7-9,12-13H,3-6,10-11,14-15H2,1-2H3,(H,23,26). The van der Waals surface area contributed by atoms with E-state index in [1.165, 1.54) is 0 Å². The first kappa shape index (κ1) is 21.5. The fraction of sp³-hybridized carbons (Fsp3) is 0.476. The summed E-state index contributed by atoms with van der Waals surface area (Å²) in [6.07, 6.45) is 4.25. The van der Waals surface area contributed by atoms with Crippen LogP contribution in [0.3, 0.4) is 0 Å². The van der Waals surface area contributed by atoms with Crippen molar-refractivity contribution in [3.05, 3.63) is 47.3 Å². The van der Waals surface area contributed by atoms with Gasteiger partial charge in [0.1, 0.15) is 0 Å². The van der Waals surface area contributed by atoms with E-state index in [2.05, 4.69) is 43.3 Å². The van der Waals surface area contributed by atoms with Crippen molar-refractivity contribution in [1.29, 1.82) is 0 Å². The number of alkyl halides is 1. The molecule has 0 saturated carbocycles. The number of hydrogen-bond acceptors (Lipinski definition) is 4. The lowest BCUT2D eigenvalue weighted by molar-refractivity contribution is -0.118. The first-order valence-corrected chi connectivity index (χ1v) is 10.5. The molecule has 5 nitrogen and oxygen atoms in total. The van der Waals surface area contributed by atoms with Gasteiger partial charge in [0.25, 0.3) is 0 Å². The maximum atomic E-state index is 11.1. The fourth-order valence-corrected chi connectivity index (χ4v) is 2.99. The molecular formula is C21H28BrN3O2. The van der Waals surface area contributed by atoms with E-state index in [9.17, 15) is 4.79 Å². The van der Waals surface area contributed by atoms with Crippen molar-refractivity contribution in [2.75, 3.05) is 18.5 Å². The minimum atomic E-state index is 0.0474. The smallest absolute Gasteiger partial charge is 0.230 e. The molecule has 0 atom stereocenters. The highest BCUT2D eigenvalue weighted by molar-refractivity contribution is 9.09. The predicted molar refractivity (Wildman–Crippen MR) is 112 cm³/mol. The Labute approximate surface area is 170 Å². The van der Waals surface area contributed by atoms with Crippen molar-refractivity contribution in [1.82, 2.24) is 15.3 Å². The second-order valence-corrected chi connectivity index (χ2v) is 7.18. The van der Waals surface area contributed by atoms with Gasteiger partial charge in [0, 0.05) is 24.5 Å². The van der Waals surface area contributed by atoms with Crippen LogP contribution < -0.4 is 5.32 Å². The van der Waals surface area contributed by atoms with Gasteiger partial charge in [-0.15, -0.1) is 0 Å². The zero-order valence-electron chi connectivity index (χ0n) is 16.1. The van der Waals surface area contributed by atoms with Crippen LogP contribution in [-0.4, -0.2) is 34.4 Å². The molecule has 0 saturated heterocycles. The molecule has 146 valence electrons. The highest BCUT2D eigenvalue weighted by Crippen LogP contribution is 2.18. The van der Waals surface area contributed by atoms with Crippen LogP contribution in [0.25, 0.3) is 11.4 Å². The molecule has 2 rings (SSSR count). The Balaban J connectivity index is 1.70. The molecule has 0 radical (unpaired) electrons. The Morgan fingerprint density at radius 3 is 2.59 bits per heavy atom. The maximum Gasteiger partial charge on any atom is 0.230 e. The summed E-state index contributed by atoms with van der Waals surface area (Å²) in [5, 5.41) is 3.23. The average Bonchev–Trinajstić information content (AvgIpc) is 2.66. The molecule has 2 aromatic rings. The van der Waals surface area contributed by atoms with Crippen LogP contribution in [0.15, 0.2) is 30.3 Å². The number of aryl methyl sites for hydroxylation is 2. The first-order chi connectivity index (χ1) is 13.1. The van der Waals surface area contributed by atoms with Gasteiger partial charge in [0.05, 0.1) is 23.3 Å². The molecule has 0 aliphatic rings. The van der Waals surface area contributed by atoms with Crippen LogP contribution in [-0.2, 0) is 16.1 Å². The summed E-state index contributed by atoms with van der Waals surface area (Å²) in [6, 6.07) is 10.1. The van der Waals surface area contributed by atoms with E-state index in [4.69, 9.17) is 4.74 Å². The number of nitrogens with zero attached hydrogens (tertiary/aromatic N) is 2. The number of aromatic nitrogens is 2. The molecule has 0 aromatic carbocycles. The molecule has 2 heterocycles. The van der Waals surface area contributed by atoms with Gasteiger partial charge < -0.3 is 10.1 Å². The molecule has 0 spiro atoms. The molecule has 0 unspecified atom stereocenters. The van der Waals surface area contributed by atoms with Crippen LogP contribution >= 0.6 is 15.9 Å². The SMILES string of the molecule is Cc1cccc(-c2cc(COCCCCCCNC(=O)CBr)cc(C)n2)n1. The molecule has 2 aromatic heterocycles. The Hall–Kier alpha value is -1.79. The molecule has 1 amide bonds. The lowest BCUT2D eigenvalue weighted by Crippen LogP contribution is -2.25. The predicted octanol–water partition coefficient (Wildman–Crippen LogP) is 4.35. The zero-order valence-corrected chi connectivity index (χ0v) is 17.7. The third-order valence-corrected chi connectivity index (χ3v) is 4.60. The summed E-state index contributed by atoms with van der Waals surface area (Å²) in [5.41, 5.74) is 4.87. The van der Waals surface area contributed by atoms with Gasteiger partial charge in [-0.05, 0) is 56.5 Å². The lowest BCUT2D eigenvalue weighted by atomic mass is 10.1. The van der Waals surface area contributed by atoms with Crippen molar-refractivity contribution in [3.63, 3.8) is 0 Å². The highest BCUT2D eigenvalue weighted by atomic mass is 79.9. The number of ether oxygens (including phenoxy) is 1. The lowest BCUT2D eigenvalue weighted by Gasteiger charge is -2.08. The summed E-state index contributed by atoms with van der Waals surface area (Å²) in [5.74, 6) is 0.0474. The normalized spacial score (nSPS) is 10.8. The van der Waals surface area contributed by atoms with Crippen molar-refractivity contribution < 1.29 is 9.53 Å². The Bertz CT molecular complexity index is 737. The van der Waals surface area contributed by atoms with Gasteiger partial charge in [-0.2, -0.15) is 0 Å². The highest BCUT2D eigenvalue weighted by Gasteiger charge is 2.05. The van der Waals surface area contributed by atoms with Crippen LogP contribution in [0.4, 0.5) is 0 Å². The van der Waals surface area contributed by atoms with Crippen molar-refractivity contribution >= 4 is 21.8 Å². The van der Waals surface area contributed by atoms with Crippen molar-refractivity contribution in [2.45, 2.75) is 46.1 Å². The van der Waals surface area contributed by atoms with Gasteiger partial charge in [-0.3, -0.25) is 14.8 Å². The minimum absolute atomic E-state index is 0.0474. The number of nitrogens with one attached hydrogen (secondary N) is 1. The van der Waals surface area contributed by atoms with Gasteiger partial charge in [0.2, 0.25) is 5.91 Å². The summed E-state index contributed by atoms with van der Waals surface area (Å²) in [7, 11) is 0. The number of halogens is 1. The number of unbranched alkanes of at least 4 members (excludes halogenated alkanes) is 3. The second kappa shape index (κ2) is 11.8. The molecule has 0 fully saturated rings. The van der Waals surface area contributed by atoms with E-state index in [1.807, 2.05) is 32.0 Å². The largest absolute Gasteiger partial charge is 0.377 e. The van der Waals surface area contributed by atoms with Crippen molar-refractivity contribution in [3.8, 4) is 11.4 Å². The Kier molecular flexibility index (Phi) is 9.42. The monoisotopic (exact) mass is 433 g/mol. The molecule has 27 heavy (non-hydrogen) atoms. The molecule has 1 N–H and O–H groups in total. The number of pyridine rings is 2. The summed E-state index contributed by atoms with van der Waals surface area (Å²) in [4.78, 5) is 20.2. The number of carbonyl (C=O) groups excluding carboxylic acids is 1. The van der Waals surface area contributed by atoms with Gasteiger partial charge in [-0.25, -0.2) is 0 Å². The van der Waals surface area contributed by atoms with E-state index in [0.717, 1.165) is 67.2 Å². The quantitative estimate of drug-likeness (QED) is 0.422. The van der Waals surface area contributed by atoms with Crippen molar-refractivity contribution in [2.24, 2.45) is 0 Å². The average molecular weight is 434 g/mol. The van der Waals surface area contributed by atoms with Crippen LogP contribution in [0.5, 0.6) is 0 Å². The number of hydrogen-bond donors (Lipinski definition) is 1. The van der Waals surface area contributed by atoms with Crippen LogP contribution in [0, 0.1) is 13.8 Å². The third kappa shape index (κ3) is 8.18. The summed E-state index contributed by atoms with van der Waals surface area (Å²) >= 11 is 3.13. The minimum Gasteiger partial charge on any atom is -0.377 e. The molecule has 6 heteroatoms. The summed E-state index contributed by atoms with van der Waals surface area (Å²) < 4.78 is 5.83. The molecule has 0 bridgehead atoms. The first-order valence-electron chi connectivity index (χ1n) is 9.40. The van der Waals surface area contributed by atoms with Gasteiger partial charge in [0.15, 0.2) is 0 Å². The van der Waals surface area contributed by atoms with Crippen LogP contribution in [0.2, 0.25) is 0 Å². The Morgan fingerprint density at radius 1 is 1.04 bits per heavy atom. The third-order valence-electron chi connectivity index (χ3n) is 4.09. The molecule has 0 aliphatic heterocycles. The van der Waals surface area contributed by atoms with Gasteiger partial charge in [-0.1, -0.05) is 34.8 Å². The molecular weight excluding hydrogens is 406 g/mol. The number of carbonyl (C=O) groups is 1. The molecule has 0 aliphatic carbocycles. The number of amides is 1. The van der Waals surface area contributed by atoms with Crippen LogP contribution in [0.1, 0.15) is 42.6 Å². The van der Waals surface area contributed by atoms with E-state index in [1.54, 1.807) is 0 Å². The van der Waals surface area contributed by atoms with E-state index in [-0.39, 0.29) is 5.91 Å². The van der Waals surface area contributed by atoms with E-state index < -0.39 is 0 Å². The Morgan fingerprint density at radius 2 is 1.81 bits per heavy atom. The number of rotatable bonds is 11. The van der Waals surface area contributed by atoms with E-state index >= 15 is 0 Å². The fourth-order valence-electron chi connectivity index (χ4n) is 2.79. The maximum absolute atomic E-state index is 11.1. The van der Waals surface area contributed by atoms with Gasteiger partial charge >= 0.3 is 0 Å². The zero-order chi connectivity index (χ0) is 19.5. The van der Waals surface area contributed by atoms with E-state index in [0.29, 0.717) is 11.9 Å². The second-order valence-electron chi connectivity index (χ2n) is 6.62.